The van der Waals surface area contributed by atoms with Crippen LogP contribution in [0.15, 0.2) is 48.5 Å². The second-order valence-corrected chi connectivity index (χ2v) is 8.18. The lowest BCUT2D eigenvalue weighted by molar-refractivity contribution is -0.160. The second-order valence-electron chi connectivity index (χ2n) is 8.18. The zero-order valence-corrected chi connectivity index (χ0v) is 15.9. The second kappa shape index (κ2) is 6.36. The number of aryl methyl sites for hydroxylation is 1. The van der Waals surface area contributed by atoms with Gasteiger partial charge >= 0.3 is 0 Å². The van der Waals surface area contributed by atoms with Crippen LogP contribution in [0.5, 0.6) is 5.75 Å². The molecule has 5 heteroatoms. The van der Waals surface area contributed by atoms with Crippen LogP contribution >= 0.6 is 0 Å². The summed E-state index contributed by atoms with van der Waals surface area (Å²) in [4.78, 5) is 26.4. The smallest absolute Gasteiger partial charge is 0.237 e. The molecule has 1 saturated heterocycles. The number of hydrogen-bond acceptors (Lipinski definition) is 3. The molecule has 2 heterocycles. The van der Waals surface area contributed by atoms with Gasteiger partial charge in [0, 0.05) is 23.9 Å². The third-order valence-corrected chi connectivity index (χ3v) is 6.58. The number of rotatable bonds is 2. The fourth-order valence-corrected chi connectivity index (χ4v) is 5.28. The van der Waals surface area contributed by atoms with Crippen LogP contribution < -0.4 is 15.4 Å². The Labute approximate surface area is 164 Å². The molecular formula is C23H24N2O3. The summed E-state index contributed by atoms with van der Waals surface area (Å²) in [5, 5.41) is 6.11. The molecule has 3 aliphatic rings. The van der Waals surface area contributed by atoms with Gasteiger partial charge in [-0.25, -0.2) is 0 Å². The van der Waals surface area contributed by atoms with Crippen molar-refractivity contribution in [2.24, 2.45) is 11.8 Å². The summed E-state index contributed by atoms with van der Waals surface area (Å²) in [5.41, 5.74) is 2.03. The van der Waals surface area contributed by atoms with Crippen molar-refractivity contribution in [3.05, 3.63) is 59.7 Å². The van der Waals surface area contributed by atoms with Crippen molar-refractivity contribution >= 4 is 17.5 Å². The number of benzene rings is 2. The minimum absolute atomic E-state index is 0.112. The number of nitrogens with one attached hydrogen (secondary N) is 2. The molecule has 144 valence electrons. The molecule has 4 atom stereocenters. The van der Waals surface area contributed by atoms with Crippen molar-refractivity contribution < 1.29 is 14.3 Å². The van der Waals surface area contributed by atoms with E-state index in [-0.39, 0.29) is 23.7 Å². The van der Waals surface area contributed by atoms with Gasteiger partial charge in [-0.15, -0.1) is 0 Å². The summed E-state index contributed by atoms with van der Waals surface area (Å²) in [5.74, 6) is -0.499. The molecular weight excluding hydrogens is 352 g/mol. The average molecular weight is 376 g/mol. The molecule has 28 heavy (non-hydrogen) atoms. The van der Waals surface area contributed by atoms with Crippen molar-refractivity contribution in [2.45, 2.75) is 44.2 Å². The van der Waals surface area contributed by atoms with E-state index in [1.54, 1.807) is 0 Å². The van der Waals surface area contributed by atoms with Crippen LogP contribution in [0.25, 0.3) is 0 Å². The molecule has 2 bridgehead atoms. The average Bonchev–Trinajstić information content (AvgIpc) is 2.68. The van der Waals surface area contributed by atoms with Gasteiger partial charge < -0.3 is 15.4 Å². The molecule has 2 aromatic rings. The van der Waals surface area contributed by atoms with E-state index in [2.05, 4.69) is 10.6 Å². The molecule has 0 aromatic heterocycles. The molecule has 0 spiro atoms. The van der Waals surface area contributed by atoms with Gasteiger partial charge in [0.1, 0.15) is 11.7 Å². The highest BCUT2D eigenvalue weighted by atomic mass is 16.5. The van der Waals surface area contributed by atoms with Crippen LogP contribution in [-0.4, -0.2) is 17.5 Å². The topological polar surface area (TPSA) is 67.4 Å². The van der Waals surface area contributed by atoms with Crippen molar-refractivity contribution in [1.82, 2.24) is 5.32 Å². The molecule has 1 saturated carbocycles. The van der Waals surface area contributed by atoms with Crippen molar-refractivity contribution in [2.75, 3.05) is 5.32 Å². The number of fused-ring (bicyclic) bond motifs is 2. The van der Waals surface area contributed by atoms with Gasteiger partial charge in [0.05, 0.1) is 0 Å². The van der Waals surface area contributed by atoms with Crippen LogP contribution in [0.1, 0.15) is 42.7 Å². The van der Waals surface area contributed by atoms with Crippen LogP contribution in [-0.2, 0) is 9.59 Å². The normalized spacial score (nSPS) is 30.3. The first-order chi connectivity index (χ1) is 13.6. The van der Waals surface area contributed by atoms with E-state index < -0.39 is 11.6 Å². The van der Waals surface area contributed by atoms with Gasteiger partial charge in [0.25, 0.3) is 0 Å². The Balaban J connectivity index is 1.57. The Bertz CT molecular complexity index is 956. The van der Waals surface area contributed by atoms with Crippen LogP contribution in [0, 0.1) is 18.8 Å². The molecule has 2 N–H and O–H groups in total. The highest BCUT2D eigenvalue weighted by Gasteiger charge is 2.60. The first-order valence-corrected chi connectivity index (χ1v) is 10.1. The standard InChI is InChI=1S/C23H24N2O3/c1-14-8-2-4-11-17(14)24-21(26)20-19-15-9-3-5-12-18(15)28-23(25-22(20)27)13-7-6-10-16(19)23/h2-5,8-9,11-12,16,19-20H,6-7,10,13H2,1H3,(H,24,26)(H,25,27)/t16-,19+,20+,23+/m0/s1. The molecule has 2 aliphatic heterocycles. The predicted molar refractivity (Wildman–Crippen MR) is 106 cm³/mol. The largest absolute Gasteiger partial charge is 0.467 e. The van der Waals surface area contributed by atoms with Gasteiger partial charge in [-0.3, -0.25) is 9.59 Å². The summed E-state index contributed by atoms with van der Waals surface area (Å²) >= 11 is 0. The lowest BCUT2D eigenvalue weighted by atomic mass is 9.62. The Morgan fingerprint density at radius 3 is 2.79 bits per heavy atom. The van der Waals surface area contributed by atoms with E-state index in [0.717, 1.165) is 48.2 Å². The Morgan fingerprint density at radius 1 is 1.14 bits per heavy atom. The summed E-state index contributed by atoms with van der Waals surface area (Å²) in [6.07, 6.45) is 3.86. The van der Waals surface area contributed by atoms with Crippen molar-refractivity contribution in [3.8, 4) is 5.75 Å². The lowest BCUT2D eigenvalue weighted by Crippen LogP contribution is -2.69. The molecule has 0 radical (unpaired) electrons. The molecule has 1 aliphatic carbocycles. The van der Waals surface area contributed by atoms with E-state index in [1.807, 2.05) is 55.5 Å². The fourth-order valence-electron chi connectivity index (χ4n) is 5.28. The summed E-state index contributed by atoms with van der Waals surface area (Å²) in [6.45, 7) is 1.95. The van der Waals surface area contributed by atoms with Crippen LogP contribution in [0.4, 0.5) is 5.69 Å². The fraction of sp³-hybridized carbons (Fsp3) is 0.391. The number of hydrogen-bond donors (Lipinski definition) is 2. The van der Waals surface area contributed by atoms with E-state index in [0.29, 0.717) is 0 Å². The zero-order chi connectivity index (χ0) is 19.3. The lowest BCUT2D eigenvalue weighted by Gasteiger charge is -2.55. The van der Waals surface area contributed by atoms with E-state index >= 15 is 0 Å². The summed E-state index contributed by atoms with van der Waals surface area (Å²) in [6, 6.07) is 15.5. The van der Waals surface area contributed by atoms with Crippen molar-refractivity contribution in [1.29, 1.82) is 0 Å². The van der Waals surface area contributed by atoms with E-state index in [9.17, 15) is 9.59 Å². The Morgan fingerprint density at radius 2 is 1.93 bits per heavy atom. The highest BCUT2D eigenvalue weighted by Crippen LogP contribution is 2.55. The SMILES string of the molecule is Cc1ccccc1NC(=O)[C@@H]1C(=O)N[C@@]23CCCC[C@H]2[C@H]1c1ccccc1O3. The van der Waals surface area contributed by atoms with Gasteiger partial charge in [-0.05, 0) is 43.0 Å². The summed E-state index contributed by atoms with van der Waals surface area (Å²) < 4.78 is 6.37. The maximum absolute atomic E-state index is 13.3. The monoisotopic (exact) mass is 376 g/mol. The Kier molecular flexibility index (Phi) is 3.93. The highest BCUT2D eigenvalue weighted by molar-refractivity contribution is 6.08. The number of amides is 2. The van der Waals surface area contributed by atoms with Crippen molar-refractivity contribution in [3.63, 3.8) is 0 Å². The molecule has 5 nitrogen and oxygen atoms in total. The van der Waals surface area contributed by atoms with E-state index in [4.69, 9.17) is 4.74 Å². The van der Waals surface area contributed by atoms with Crippen LogP contribution in [0.3, 0.4) is 0 Å². The third kappa shape index (κ3) is 2.53. The predicted octanol–water partition coefficient (Wildman–Crippen LogP) is 3.74. The quantitative estimate of drug-likeness (QED) is 0.785. The number of carbonyl (C=O) groups is 2. The number of anilines is 1. The Hall–Kier alpha value is -2.82. The minimum atomic E-state index is -0.763. The number of piperidine rings is 1. The molecule has 5 rings (SSSR count). The van der Waals surface area contributed by atoms with Gasteiger partial charge in [-0.2, -0.15) is 0 Å². The third-order valence-electron chi connectivity index (χ3n) is 6.58. The first kappa shape index (κ1) is 17.3. The van der Waals surface area contributed by atoms with Gasteiger partial charge in [0.15, 0.2) is 5.72 Å². The minimum Gasteiger partial charge on any atom is -0.467 e. The van der Waals surface area contributed by atoms with Gasteiger partial charge in [0.2, 0.25) is 11.8 Å². The van der Waals surface area contributed by atoms with Crippen LogP contribution in [0.2, 0.25) is 0 Å². The van der Waals surface area contributed by atoms with Gasteiger partial charge in [-0.1, -0.05) is 42.8 Å². The zero-order valence-electron chi connectivity index (χ0n) is 15.9. The number of carbonyl (C=O) groups excluding carboxylic acids is 2. The first-order valence-electron chi connectivity index (χ1n) is 10.1. The molecule has 2 amide bonds. The summed E-state index contributed by atoms with van der Waals surface area (Å²) in [7, 11) is 0. The maximum atomic E-state index is 13.3. The molecule has 2 aromatic carbocycles. The molecule has 0 unspecified atom stereocenters. The molecule has 2 fully saturated rings. The number of ether oxygens (including phenoxy) is 1. The number of para-hydroxylation sites is 2. The van der Waals surface area contributed by atoms with E-state index in [1.165, 1.54) is 0 Å². The maximum Gasteiger partial charge on any atom is 0.237 e.